The molecule has 2 heterocycles. The van der Waals surface area contributed by atoms with E-state index in [1.165, 1.54) is 0 Å². The largest absolute Gasteiger partial charge is 0.480 e. The molecule has 1 amide bonds. The van der Waals surface area contributed by atoms with Crippen LogP contribution in [0, 0.1) is 0 Å². The van der Waals surface area contributed by atoms with Crippen LogP contribution in [0.5, 0.6) is 0 Å². The fraction of sp³-hybridized carbons (Fsp3) is 0.389. The van der Waals surface area contributed by atoms with Crippen LogP contribution in [0.2, 0.25) is 0 Å². The summed E-state index contributed by atoms with van der Waals surface area (Å²) in [5, 5.41) is 11.8. The van der Waals surface area contributed by atoms with E-state index in [1.807, 2.05) is 31.4 Å². The van der Waals surface area contributed by atoms with E-state index in [-0.39, 0.29) is 10.1 Å². The van der Waals surface area contributed by atoms with E-state index in [4.69, 9.17) is 21.9 Å². The van der Waals surface area contributed by atoms with Gasteiger partial charge in [-0.3, -0.25) is 19.0 Å². The maximum atomic E-state index is 12.3. The van der Waals surface area contributed by atoms with Crippen molar-refractivity contribution in [1.82, 2.24) is 9.80 Å². The van der Waals surface area contributed by atoms with Crippen molar-refractivity contribution in [2.75, 3.05) is 18.8 Å². The van der Waals surface area contributed by atoms with E-state index in [9.17, 15) is 18.0 Å². The maximum absolute atomic E-state index is 12.3. The van der Waals surface area contributed by atoms with Gasteiger partial charge in [-0.25, -0.2) is 0 Å². The van der Waals surface area contributed by atoms with Crippen LogP contribution in [0.25, 0.3) is 0 Å². The molecular weight excluding hydrogens is 468 g/mol. The van der Waals surface area contributed by atoms with Crippen LogP contribution in [-0.4, -0.2) is 62.9 Å². The Morgan fingerprint density at radius 2 is 2.00 bits per heavy atom. The summed E-state index contributed by atoms with van der Waals surface area (Å²) in [6.07, 6.45) is 6.41. The van der Waals surface area contributed by atoms with Crippen molar-refractivity contribution >= 4 is 62.1 Å². The third-order valence-corrected chi connectivity index (χ3v) is 7.33. The molecule has 2 N–H and O–H groups in total. The van der Waals surface area contributed by atoms with E-state index in [0.29, 0.717) is 24.3 Å². The molecule has 0 aromatic rings. The average Bonchev–Trinajstić information content (AvgIpc) is 3.10. The van der Waals surface area contributed by atoms with Crippen molar-refractivity contribution in [2.24, 2.45) is 0 Å². The van der Waals surface area contributed by atoms with Crippen LogP contribution >= 0.6 is 35.7 Å². The second-order valence-corrected chi connectivity index (χ2v) is 10.7. The molecule has 0 spiro atoms. The third kappa shape index (κ3) is 7.27. The van der Waals surface area contributed by atoms with E-state index in [0.717, 1.165) is 33.0 Å². The highest BCUT2D eigenvalue weighted by atomic mass is 32.2. The Labute approximate surface area is 189 Å². The predicted molar refractivity (Wildman–Crippen MR) is 123 cm³/mol. The molecule has 164 valence electrons. The first-order valence-corrected chi connectivity index (χ1v) is 12.6. The van der Waals surface area contributed by atoms with Crippen molar-refractivity contribution in [2.45, 2.75) is 26.7 Å². The SMILES string of the molecule is CC(=CC=C1SC=C(C)N1CCCCS(=O)(=O)O)C=C1SC(=S)N(CC(=O)O)C1=O. The number of hydrogen-bond acceptors (Lipinski definition) is 8. The summed E-state index contributed by atoms with van der Waals surface area (Å²) in [7, 11) is -3.94. The molecule has 0 aromatic carbocycles. The third-order valence-electron chi connectivity index (χ3n) is 4.09. The predicted octanol–water partition coefficient (Wildman–Crippen LogP) is 3.18. The molecule has 0 saturated carbocycles. The number of amides is 1. The lowest BCUT2D eigenvalue weighted by Crippen LogP contribution is -2.33. The summed E-state index contributed by atoms with van der Waals surface area (Å²) in [4.78, 5) is 26.7. The number of carbonyl (C=O) groups excluding carboxylic acids is 1. The molecule has 0 aliphatic carbocycles. The summed E-state index contributed by atoms with van der Waals surface area (Å²) in [6.45, 7) is 3.96. The number of allylic oxidation sites excluding steroid dienone is 5. The number of carbonyl (C=O) groups is 2. The standard InChI is InChI=1S/C18H22N2O6S4/c1-12(9-14-17(23)20(10-16(21)22)18(27)29-14)5-6-15-19(13(2)11-28-15)7-3-4-8-30(24,25)26/h5-6,9,11H,3-4,7-8,10H2,1-2H3,(H,21,22)(H,24,25,26). The summed E-state index contributed by atoms with van der Waals surface area (Å²) in [5.74, 6) is -1.79. The molecule has 2 rings (SSSR count). The van der Waals surface area contributed by atoms with Gasteiger partial charge in [0.05, 0.1) is 15.7 Å². The van der Waals surface area contributed by atoms with Gasteiger partial charge in [0.2, 0.25) is 0 Å². The van der Waals surface area contributed by atoms with Crippen LogP contribution in [0.3, 0.4) is 0 Å². The second-order valence-electron chi connectivity index (χ2n) is 6.60. The normalized spacial score (nSPS) is 20.6. The molecule has 0 bridgehead atoms. The molecule has 0 aromatic heterocycles. The van der Waals surface area contributed by atoms with Crippen molar-refractivity contribution in [3.8, 4) is 0 Å². The van der Waals surface area contributed by atoms with Gasteiger partial charge >= 0.3 is 5.97 Å². The Hall–Kier alpha value is -1.60. The van der Waals surface area contributed by atoms with E-state index < -0.39 is 28.5 Å². The molecule has 12 heteroatoms. The Morgan fingerprint density at radius 3 is 2.63 bits per heavy atom. The molecule has 1 fully saturated rings. The average molecular weight is 491 g/mol. The smallest absolute Gasteiger partial charge is 0.323 e. The maximum Gasteiger partial charge on any atom is 0.323 e. The van der Waals surface area contributed by atoms with Crippen LogP contribution in [0.15, 0.2) is 44.8 Å². The quantitative estimate of drug-likeness (QED) is 0.216. The lowest BCUT2D eigenvalue weighted by molar-refractivity contribution is -0.140. The molecule has 1 saturated heterocycles. The van der Waals surface area contributed by atoms with Gasteiger partial charge in [0.25, 0.3) is 16.0 Å². The van der Waals surface area contributed by atoms with Gasteiger partial charge in [-0.05, 0) is 49.8 Å². The fourth-order valence-electron chi connectivity index (χ4n) is 2.65. The summed E-state index contributed by atoms with van der Waals surface area (Å²) < 4.78 is 30.7. The first-order valence-electron chi connectivity index (χ1n) is 8.90. The molecule has 2 aliphatic heterocycles. The van der Waals surface area contributed by atoms with Gasteiger partial charge in [-0.15, -0.1) is 0 Å². The molecule has 2 aliphatic rings. The van der Waals surface area contributed by atoms with Gasteiger partial charge in [0.1, 0.15) is 10.9 Å². The van der Waals surface area contributed by atoms with E-state index in [1.54, 1.807) is 17.8 Å². The van der Waals surface area contributed by atoms with E-state index in [2.05, 4.69) is 4.90 Å². The number of nitrogens with zero attached hydrogens (tertiary/aromatic N) is 2. The number of carboxylic acid groups (broad SMARTS) is 1. The molecule has 30 heavy (non-hydrogen) atoms. The zero-order valence-electron chi connectivity index (χ0n) is 16.4. The molecule has 8 nitrogen and oxygen atoms in total. The van der Waals surface area contributed by atoms with Crippen LogP contribution in [0.4, 0.5) is 0 Å². The highest BCUT2D eigenvalue weighted by Gasteiger charge is 2.33. The van der Waals surface area contributed by atoms with Crippen molar-refractivity contribution in [3.05, 3.63) is 44.8 Å². The summed E-state index contributed by atoms with van der Waals surface area (Å²) in [5.41, 5.74) is 1.84. The lowest BCUT2D eigenvalue weighted by atomic mass is 10.2. The minimum atomic E-state index is -3.94. The summed E-state index contributed by atoms with van der Waals surface area (Å²) >= 11 is 7.70. The number of rotatable bonds is 9. The number of carboxylic acids is 1. The Balaban J connectivity index is 2.03. The molecular formula is C18H22N2O6S4. The number of aliphatic carboxylic acids is 1. The summed E-state index contributed by atoms with van der Waals surface area (Å²) in [6, 6.07) is 0. The Bertz CT molecular complexity index is 965. The minimum absolute atomic E-state index is 0.224. The molecule has 0 radical (unpaired) electrons. The fourth-order valence-corrected chi connectivity index (χ4v) is 5.45. The van der Waals surface area contributed by atoms with Crippen molar-refractivity contribution in [3.63, 3.8) is 0 Å². The monoisotopic (exact) mass is 490 g/mol. The lowest BCUT2D eigenvalue weighted by Gasteiger charge is -2.21. The van der Waals surface area contributed by atoms with Gasteiger partial charge in [-0.2, -0.15) is 8.42 Å². The van der Waals surface area contributed by atoms with Crippen molar-refractivity contribution < 1.29 is 27.7 Å². The zero-order chi connectivity index (χ0) is 22.5. The van der Waals surface area contributed by atoms with Crippen LogP contribution in [0.1, 0.15) is 26.7 Å². The molecule has 0 atom stereocenters. The number of unbranched alkanes of at least 4 members (excludes halogenated alkanes) is 1. The number of thiocarbonyl (C=S) groups is 1. The molecule has 0 unspecified atom stereocenters. The van der Waals surface area contributed by atoms with Gasteiger partial charge in [-0.1, -0.05) is 41.8 Å². The second kappa shape index (κ2) is 10.6. The Kier molecular flexibility index (Phi) is 8.73. The van der Waals surface area contributed by atoms with Crippen LogP contribution in [-0.2, 0) is 19.7 Å². The topological polar surface area (TPSA) is 115 Å². The van der Waals surface area contributed by atoms with Crippen molar-refractivity contribution in [1.29, 1.82) is 0 Å². The van der Waals surface area contributed by atoms with Gasteiger partial charge < -0.3 is 10.0 Å². The van der Waals surface area contributed by atoms with E-state index >= 15 is 0 Å². The number of hydrogen-bond donors (Lipinski definition) is 2. The Morgan fingerprint density at radius 1 is 1.30 bits per heavy atom. The van der Waals surface area contributed by atoms with Crippen LogP contribution < -0.4 is 0 Å². The van der Waals surface area contributed by atoms with Gasteiger partial charge in [0.15, 0.2) is 0 Å². The minimum Gasteiger partial charge on any atom is -0.480 e. The number of thioether (sulfide) groups is 2. The van der Waals surface area contributed by atoms with Gasteiger partial charge in [0, 0.05) is 12.2 Å². The first kappa shape index (κ1) is 24.7. The first-order chi connectivity index (χ1) is 14.0. The zero-order valence-corrected chi connectivity index (χ0v) is 19.7. The highest BCUT2D eigenvalue weighted by Crippen LogP contribution is 2.35. The highest BCUT2D eigenvalue weighted by molar-refractivity contribution is 8.26.